The van der Waals surface area contributed by atoms with Crippen molar-refractivity contribution in [3.63, 3.8) is 0 Å². The van der Waals surface area contributed by atoms with E-state index in [1.54, 1.807) is 0 Å². The van der Waals surface area contributed by atoms with Crippen molar-refractivity contribution in [2.24, 2.45) is 9.98 Å². The normalized spacial score (nSPS) is 17.7. The van der Waals surface area contributed by atoms with Gasteiger partial charge in [-0.25, -0.2) is 9.98 Å². The number of allylic oxidation sites excluding steroid dienone is 7. The van der Waals surface area contributed by atoms with E-state index in [4.69, 9.17) is 9.98 Å². The van der Waals surface area contributed by atoms with Crippen LogP contribution in [0.1, 0.15) is 98.1 Å². The van der Waals surface area contributed by atoms with E-state index in [-0.39, 0.29) is 5.41 Å². The summed E-state index contributed by atoms with van der Waals surface area (Å²) >= 11 is 0. The number of nitrogens with zero attached hydrogens (tertiary/aromatic N) is 3. The average Bonchev–Trinajstić information content (AvgIpc) is 3.46. The Balaban J connectivity index is 1.02. The van der Waals surface area contributed by atoms with Gasteiger partial charge in [-0.1, -0.05) is 123 Å². The number of hydrogen-bond acceptors (Lipinski definition) is 2. The Kier molecular flexibility index (Phi) is 9.63. The molecule has 4 aliphatic rings. The molecule has 0 N–H and O–H groups in total. The van der Waals surface area contributed by atoms with Crippen molar-refractivity contribution in [2.45, 2.75) is 83.5 Å². The molecule has 0 heterocycles. The summed E-state index contributed by atoms with van der Waals surface area (Å²) in [4.78, 5) is 10.1. The van der Waals surface area contributed by atoms with Gasteiger partial charge in [-0.05, 0) is 132 Å². The quantitative estimate of drug-likeness (QED) is 0.141. The molecule has 0 radical (unpaired) electrons. The molecule has 0 unspecified atom stereocenters. The molecule has 4 aromatic rings. The van der Waals surface area contributed by atoms with Gasteiger partial charge in [0, 0.05) is 28.8 Å². The van der Waals surface area contributed by atoms with Crippen molar-refractivity contribution in [3.8, 4) is 28.3 Å². The Morgan fingerprint density at radius 1 is 0.792 bits per heavy atom. The minimum absolute atomic E-state index is 0.0238. The predicted molar refractivity (Wildman–Crippen MR) is 222 cm³/mol. The fourth-order valence-corrected chi connectivity index (χ4v) is 8.88. The van der Waals surface area contributed by atoms with Gasteiger partial charge in [-0.15, -0.1) is 0 Å². The van der Waals surface area contributed by atoms with Gasteiger partial charge < -0.3 is 0 Å². The van der Waals surface area contributed by atoms with Crippen LogP contribution in [0.2, 0.25) is 0 Å². The van der Waals surface area contributed by atoms with Crippen LogP contribution in [0.15, 0.2) is 149 Å². The fraction of sp³-hybridized carbons (Fsp3) is 0.260. The molecular weight excluding hydrogens is 643 g/mol. The number of hydrogen-bond donors (Lipinski definition) is 0. The van der Waals surface area contributed by atoms with Crippen LogP contribution in [0, 0.1) is 18.3 Å². The van der Waals surface area contributed by atoms with Gasteiger partial charge in [0.05, 0.1) is 11.6 Å². The van der Waals surface area contributed by atoms with Gasteiger partial charge in [-0.3, -0.25) is 0 Å². The Morgan fingerprint density at radius 3 is 2.25 bits per heavy atom. The van der Waals surface area contributed by atoms with E-state index in [1.807, 2.05) is 6.07 Å². The highest BCUT2D eigenvalue weighted by Crippen LogP contribution is 2.56. The molecule has 3 nitrogen and oxygen atoms in total. The largest absolute Gasteiger partial charge is 0.233 e. The first-order valence-corrected chi connectivity index (χ1v) is 19.4. The first kappa shape index (κ1) is 34.5. The maximum absolute atomic E-state index is 9.69. The van der Waals surface area contributed by atoms with Crippen LogP contribution < -0.4 is 0 Å². The van der Waals surface area contributed by atoms with Crippen molar-refractivity contribution < 1.29 is 0 Å². The SMILES string of the molecule is C=C(Cc1ccccc1C)/N=C(\N=C(/C)C1=CC=C(c2ccc(-c3ccc4c(c3)C3(CCCCC3)c3cc(C#N)ccc3-4)cc2)CC1)C1=CCCC=C1. The van der Waals surface area contributed by atoms with Gasteiger partial charge in [0.25, 0.3) is 0 Å². The van der Waals surface area contributed by atoms with E-state index in [2.05, 4.69) is 136 Å². The van der Waals surface area contributed by atoms with Crippen molar-refractivity contribution in [1.29, 1.82) is 5.26 Å². The third-order valence-corrected chi connectivity index (χ3v) is 11.8. The molecule has 1 saturated carbocycles. The van der Waals surface area contributed by atoms with Crippen molar-refractivity contribution >= 4 is 17.1 Å². The molecule has 0 bridgehead atoms. The summed E-state index contributed by atoms with van der Waals surface area (Å²) in [7, 11) is 0. The van der Waals surface area contributed by atoms with Gasteiger partial charge >= 0.3 is 0 Å². The molecular formula is C50H47N3. The lowest BCUT2D eigenvalue weighted by Crippen LogP contribution is -2.28. The van der Waals surface area contributed by atoms with E-state index >= 15 is 0 Å². The predicted octanol–water partition coefficient (Wildman–Crippen LogP) is 12.8. The molecule has 4 aromatic carbocycles. The molecule has 1 spiro atoms. The third-order valence-electron chi connectivity index (χ3n) is 11.8. The van der Waals surface area contributed by atoms with E-state index in [1.165, 1.54) is 80.5 Å². The molecule has 8 rings (SSSR count). The van der Waals surface area contributed by atoms with Gasteiger partial charge in [0.1, 0.15) is 0 Å². The number of benzene rings is 4. The van der Waals surface area contributed by atoms with Crippen LogP contribution in [0.4, 0.5) is 0 Å². The maximum Gasteiger partial charge on any atom is 0.159 e. The third kappa shape index (κ3) is 6.87. The molecule has 0 atom stereocenters. The summed E-state index contributed by atoms with van der Waals surface area (Å²) in [6, 6.07) is 33.3. The number of rotatable bonds is 7. The lowest BCUT2D eigenvalue weighted by atomic mass is 9.67. The van der Waals surface area contributed by atoms with E-state index in [0.717, 1.165) is 66.9 Å². The number of aryl methyl sites for hydroxylation is 1. The highest BCUT2D eigenvalue weighted by Gasteiger charge is 2.44. The van der Waals surface area contributed by atoms with Crippen LogP contribution >= 0.6 is 0 Å². The monoisotopic (exact) mass is 689 g/mol. The minimum atomic E-state index is 0.0238. The molecule has 262 valence electrons. The highest BCUT2D eigenvalue weighted by molar-refractivity contribution is 6.13. The fourth-order valence-electron chi connectivity index (χ4n) is 8.88. The molecule has 0 aliphatic heterocycles. The van der Waals surface area contributed by atoms with Gasteiger partial charge in [0.15, 0.2) is 5.84 Å². The van der Waals surface area contributed by atoms with Crippen molar-refractivity contribution in [1.82, 2.24) is 0 Å². The van der Waals surface area contributed by atoms with Gasteiger partial charge in [0.2, 0.25) is 0 Å². The van der Waals surface area contributed by atoms with E-state index in [0.29, 0.717) is 6.42 Å². The number of fused-ring (bicyclic) bond motifs is 5. The smallest absolute Gasteiger partial charge is 0.159 e. The minimum Gasteiger partial charge on any atom is -0.233 e. The Morgan fingerprint density at radius 2 is 1.53 bits per heavy atom. The summed E-state index contributed by atoms with van der Waals surface area (Å²) < 4.78 is 0. The van der Waals surface area contributed by atoms with Crippen LogP contribution in [0.3, 0.4) is 0 Å². The Labute approximate surface area is 315 Å². The summed E-state index contributed by atoms with van der Waals surface area (Å²) in [5.74, 6) is 0.750. The number of nitriles is 1. The molecule has 1 fully saturated rings. The van der Waals surface area contributed by atoms with Crippen LogP contribution in [-0.2, 0) is 11.8 Å². The second kappa shape index (κ2) is 14.8. The average molecular weight is 690 g/mol. The Bertz CT molecular complexity index is 2320. The van der Waals surface area contributed by atoms with Crippen LogP contribution in [0.25, 0.3) is 27.8 Å². The summed E-state index contributed by atoms with van der Waals surface area (Å²) in [5, 5.41) is 9.69. The van der Waals surface area contributed by atoms with Crippen LogP contribution in [-0.4, -0.2) is 11.5 Å². The van der Waals surface area contributed by atoms with Crippen molar-refractivity contribution in [2.75, 3.05) is 0 Å². The zero-order valence-corrected chi connectivity index (χ0v) is 31.1. The second-order valence-electron chi connectivity index (χ2n) is 15.2. The molecule has 0 saturated heterocycles. The summed E-state index contributed by atoms with van der Waals surface area (Å²) in [6.45, 7) is 8.57. The lowest BCUT2D eigenvalue weighted by molar-refractivity contribution is 0.353. The summed E-state index contributed by atoms with van der Waals surface area (Å²) in [6.07, 6.45) is 21.9. The van der Waals surface area contributed by atoms with Gasteiger partial charge in [-0.2, -0.15) is 5.26 Å². The molecule has 0 aromatic heterocycles. The van der Waals surface area contributed by atoms with E-state index < -0.39 is 0 Å². The van der Waals surface area contributed by atoms with E-state index in [9.17, 15) is 5.26 Å². The zero-order valence-electron chi connectivity index (χ0n) is 31.1. The first-order valence-electron chi connectivity index (χ1n) is 19.4. The first-order chi connectivity index (χ1) is 25.9. The maximum atomic E-state index is 9.69. The molecule has 3 heteroatoms. The second-order valence-corrected chi connectivity index (χ2v) is 15.2. The standard InChI is InChI=1S/C50H47N3/c1-34-12-8-9-15-43(34)30-35(2)52-49(42-13-6-4-7-14-42)53-36(3)38-17-19-39(20-18-38)40-21-23-41(24-22-40)44-25-27-46-45-26-16-37(33-51)31-47(45)50(48(46)32-44)28-10-5-11-29-50/h6,8-9,12-17,19,21-27,31-32H,2,4-5,7,10-11,18,20,28-30H2,1,3H3/b52-49-,53-36+. The Hall–Kier alpha value is -5.59. The van der Waals surface area contributed by atoms with Crippen molar-refractivity contribution in [3.05, 3.63) is 172 Å². The molecule has 53 heavy (non-hydrogen) atoms. The molecule has 4 aliphatic carbocycles. The molecule has 0 amide bonds. The topological polar surface area (TPSA) is 48.5 Å². The summed E-state index contributed by atoms with van der Waals surface area (Å²) in [5.41, 5.74) is 18.1. The number of aliphatic imine (C=N–C) groups is 2. The van der Waals surface area contributed by atoms with Crippen LogP contribution in [0.5, 0.6) is 0 Å². The zero-order chi connectivity index (χ0) is 36.4. The number of amidine groups is 1. The lowest BCUT2D eigenvalue weighted by Gasteiger charge is -2.36. The highest BCUT2D eigenvalue weighted by atomic mass is 14.9.